The molecule has 1 aromatic heterocycles. The Morgan fingerprint density at radius 1 is 1.19 bits per heavy atom. The fourth-order valence-corrected chi connectivity index (χ4v) is 3.70. The Kier molecular flexibility index (Phi) is 6.99. The number of rotatable bonds is 7. The lowest BCUT2D eigenvalue weighted by atomic mass is 9.89. The first kappa shape index (κ1) is 19.6. The van der Waals surface area contributed by atoms with Crippen LogP contribution in [-0.2, 0) is 11.2 Å². The number of hydrogen-bond donors (Lipinski definition) is 1. The van der Waals surface area contributed by atoms with Gasteiger partial charge in [0.1, 0.15) is 0 Å². The molecule has 1 amide bonds. The van der Waals surface area contributed by atoms with Crippen LogP contribution in [-0.4, -0.2) is 35.4 Å². The van der Waals surface area contributed by atoms with Crippen LogP contribution in [0.25, 0.3) is 0 Å². The number of aromatic nitrogens is 1. The number of pyridine rings is 1. The Morgan fingerprint density at radius 3 is 2.63 bits per heavy atom. The Balaban J connectivity index is 1.45. The summed E-state index contributed by atoms with van der Waals surface area (Å²) in [4.78, 5) is 18.6. The maximum atomic E-state index is 11.9. The number of carbonyl (C=O) groups excluding carboxylic acids is 1. The Labute approximate surface area is 163 Å². The summed E-state index contributed by atoms with van der Waals surface area (Å²) in [5, 5.41) is 3.02. The van der Waals surface area contributed by atoms with E-state index in [0.717, 1.165) is 25.2 Å². The SMILES string of the molecule is CC(C)C(=O)Nc1cccc(C2CCN(CCCc3ccncc3)CC2)c1. The third-order valence-corrected chi connectivity index (χ3v) is 5.43. The standard InChI is InChI=1S/C23H31N3O/c1-18(2)23(27)25-22-7-3-6-21(17-22)20-10-15-26(16-11-20)14-4-5-19-8-12-24-13-9-19/h3,6-9,12-13,17-18,20H,4-5,10-11,14-16H2,1-2H3,(H,25,27). The minimum atomic E-state index is 0.00374. The van der Waals surface area contributed by atoms with Gasteiger partial charge in [-0.3, -0.25) is 9.78 Å². The van der Waals surface area contributed by atoms with Crippen molar-refractivity contribution in [3.05, 3.63) is 59.9 Å². The van der Waals surface area contributed by atoms with Crippen LogP contribution in [0.4, 0.5) is 5.69 Å². The van der Waals surface area contributed by atoms with E-state index in [1.54, 1.807) is 0 Å². The fourth-order valence-electron chi connectivity index (χ4n) is 3.70. The van der Waals surface area contributed by atoms with Crippen molar-refractivity contribution < 1.29 is 4.79 Å². The van der Waals surface area contributed by atoms with Crippen LogP contribution in [0.15, 0.2) is 48.8 Å². The zero-order valence-electron chi connectivity index (χ0n) is 16.5. The van der Waals surface area contributed by atoms with Gasteiger partial charge in [0.05, 0.1) is 0 Å². The number of nitrogens with one attached hydrogen (secondary N) is 1. The lowest BCUT2D eigenvalue weighted by molar-refractivity contribution is -0.118. The lowest BCUT2D eigenvalue weighted by Gasteiger charge is -2.32. The van der Waals surface area contributed by atoms with Crippen molar-refractivity contribution in [2.75, 3.05) is 25.0 Å². The van der Waals surface area contributed by atoms with Gasteiger partial charge >= 0.3 is 0 Å². The molecule has 1 aliphatic heterocycles. The molecule has 4 nitrogen and oxygen atoms in total. The Morgan fingerprint density at radius 2 is 1.93 bits per heavy atom. The first-order valence-electron chi connectivity index (χ1n) is 10.1. The maximum Gasteiger partial charge on any atom is 0.226 e. The van der Waals surface area contributed by atoms with E-state index < -0.39 is 0 Å². The summed E-state index contributed by atoms with van der Waals surface area (Å²) in [6.45, 7) is 7.32. The molecule has 1 aliphatic rings. The number of amides is 1. The second-order valence-electron chi connectivity index (χ2n) is 7.84. The van der Waals surface area contributed by atoms with Crippen LogP contribution in [0.3, 0.4) is 0 Å². The number of carbonyl (C=O) groups is 1. The number of likely N-dealkylation sites (tertiary alicyclic amines) is 1. The quantitative estimate of drug-likeness (QED) is 0.786. The number of aryl methyl sites for hydroxylation is 1. The monoisotopic (exact) mass is 365 g/mol. The molecule has 2 heterocycles. The van der Waals surface area contributed by atoms with Gasteiger partial charge in [-0.25, -0.2) is 0 Å². The smallest absolute Gasteiger partial charge is 0.226 e. The summed E-state index contributed by atoms with van der Waals surface area (Å²) >= 11 is 0. The highest BCUT2D eigenvalue weighted by molar-refractivity contribution is 5.92. The van der Waals surface area contributed by atoms with Gasteiger partial charge < -0.3 is 10.2 Å². The number of benzene rings is 1. The summed E-state index contributed by atoms with van der Waals surface area (Å²) in [6.07, 6.45) is 8.45. The molecule has 2 aromatic rings. The largest absolute Gasteiger partial charge is 0.326 e. The van der Waals surface area contributed by atoms with Gasteiger partial charge in [0.25, 0.3) is 0 Å². The van der Waals surface area contributed by atoms with Crippen LogP contribution < -0.4 is 5.32 Å². The molecule has 0 radical (unpaired) electrons. The number of nitrogens with zero attached hydrogens (tertiary/aromatic N) is 2. The highest BCUT2D eigenvalue weighted by Crippen LogP contribution is 2.29. The Hall–Kier alpha value is -2.20. The van der Waals surface area contributed by atoms with Crippen LogP contribution >= 0.6 is 0 Å². The van der Waals surface area contributed by atoms with Crippen LogP contribution in [0.2, 0.25) is 0 Å². The molecule has 0 aliphatic carbocycles. The molecular formula is C23H31N3O. The van der Waals surface area contributed by atoms with Gasteiger partial charge in [-0.2, -0.15) is 0 Å². The molecule has 4 heteroatoms. The molecule has 0 saturated carbocycles. The van der Waals surface area contributed by atoms with E-state index in [2.05, 4.69) is 45.5 Å². The third-order valence-electron chi connectivity index (χ3n) is 5.43. The lowest BCUT2D eigenvalue weighted by Crippen LogP contribution is -2.33. The topological polar surface area (TPSA) is 45.2 Å². The second-order valence-corrected chi connectivity index (χ2v) is 7.84. The predicted octanol–water partition coefficient (Wildman–Crippen LogP) is 4.49. The molecule has 0 bridgehead atoms. The summed E-state index contributed by atoms with van der Waals surface area (Å²) < 4.78 is 0. The normalized spacial score (nSPS) is 15.8. The second kappa shape index (κ2) is 9.65. The third kappa shape index (κ3) is 5.90. The van der Waals surface area contributed by atoms with Crippen molar-refractivity contribution in [2.45, 2.75) is 45.4 Å². The molecule has 1 fully saturated rings. The van der Waals surface area contributed by atoms with Gasteiger partial charge in [0.15, 0.2) is 0 Å². The van der Waals surface area contributed by atoms with Crippen LogP contribution in [0.5, 0.6) is 0 Å². The molecule has 144 valence electrons. The average molecular weight is 366 g/mol. The maximum absolute atomic E-state index is 11.9. The Bertz CT molecular complexity index is 721. The zero-order valence-corrected chi connectivity index (χ0v) is 16.5. The fraction of sp³-hybridized carbons (Fsp3) is 0.478. The van der Waals surface area contributed by atoms with Crippen LogP contribution in [0, 0.1) is 5.92 Å². The van der Waals surface area contributed by atoms with Crippen molar-refractivity contribution in [2.24, 2.45) is 5.92 Å². The molecule has 27 heavy (non-hydrogen) atoms. The molecular weight excluding hydrogens is 334 g/mol. The first-order chi connectivity index (χ1) is 13.1. The van der Waals surface area contributed by atoms with Gasteiger partial charge in [0.2, 0.25) is 5.91 Å². The van der Waals surface area contributed by atoms with E-state index in [4.69, 9.17) is 0 Å². The van der Waals surface area contributed by atoms with E-state index in [1.807, 2.05) is 32.3 Å². The molecule has 1 aromatic carbocycles. The minimum absolute atomic E-state index is 0.00374. The van der Waals surface area contributed by atoms with Gasteiger partial charge in [-0.05, 0) is 86.6 Å². The van der Waals surface area contributed by atoms with Gasteiger partial charge in [0, 0.05) is 24.0 Å². The number of hydrogen-bond acceptors (Lipinski definition) is 3. The van der Waals surface area contributed by atoms with Crippen molar-refractivity contribution in [3.8, 4) is 0 Å². The number of piperidine rings is 1. The summed E-state index contributed by atoms with van der Waals surface area (Å²) in [7, 11) is 0. The molecule has 1 saturated heterocycles. The number of anilines is 1. The van der Waals surface area contributed by atoms with E-state index in [0.29, 0.717) is 5.92 Å². The minimum Gasteiger partial charge on any atom is -0.326 e. The van der Waals surface area contributed by atoms with E-state index in [-0.39, 0.29) is 11.8 Å². The zero-order chi connectivity index (χ0) is 19.1. The predicted molar refractivity (Wildman–Crippen MR) is 111 cm³/mol. The van der Waals surface area contributed by atoms with E-state index in [9.17, 15) is 4.79 Å². The van der Waals surface area contributed by atoms with E-state index >= 15 is 0 Å². The van der Waals surface area contributed by atoms with Gasteiger partial charge in [-0.15, -0.1) is 0 Å². The van der Waals surface area contributed by atoms with Crippen molar-refractivity contribution >= 4 is 11.6 Å². The average Bonchev–Trinajstić information content (AvgIpc) is 2.69. The van der Waals surface area contributed by atoms with E-state index in [1.165, 1.54) is 36.9 Å². The van der Waals surface area contributed by atoms with Crippen molar-refractivity contribution in [1.29, 1.82) is 0 Å². The first-order valence-corrected chi connectivity index (χ1v) is 10.1. The molecule has 0 spiro atoms. The molecule has 0 unspecified atom stereocenters. The molecule has 1 N–H and O–H groups in total. The molecule has 3 rings (SSSR count). The van der Waals surface area contributed by atoms with Gasteiger partial charge in [-0.1, -0.05) is 26.0 Å². The summed E-state index contributed by atoms with van der Waals surface area (Å²) in [5.41, 5.74) is 3.65. The highest BCUT2D eigenvalue weighted by Gasteiger charge is 2.20. The summed E-state index contributed by atoms with van der Waals surface area (Å²) in [5.74, 6) is 0.678. The molecule has 0 atom stereocenters. The highest BCUT2D eigenvalue weighted by atomic mass is 16.1. The van der Waals surface area contributed by atoms with Crippen molar-refractivity contribution in [1.82, 2.24) is 9.88 Å². The summed E-state index contributed by atoms with van der Waals surface area (Å²) in [6, 6.07) is 12.6. The van der Waals surface area contributed by atoms with Crippen LogP contribution in [0.1, 0.15) is 50.2 Å². The van der Waals surface area contributed by atoms with Crippen molar-refractivity contribution in [3.63, 3.8) is 0 Å².